The predicted octanol–water partition coefficient (Wildman–Crippen LogP) is 0.348. The normalized spacial score (nSPS) is 16.7. The first-order valence-electron chi connectivity index (χ1n) is 11.7. The van der Waals surface area contributed by atoms with Crippen LogP contribution in [0.1, 0.15) is 12.5 Å². The van der Waals surface area contributed by atoms with E-state index in [2.05, 4.69) is 48.1 Å². The van der Waals surface area contributed by atoms with Crippen LogP contribution in [0.2, 0.25) is 0 Å². The van der Waals surface area contributed by atoms with Crippen molar-refractivity contribution in [3.05, 3.63) is 33.4 Å². The predicted molar refractivity (Wildman–Crippen MR) is 149 cm³/mol. The van der Waals surface area contributed by atoms with Crippen LogP contribution >= 0.6 is 31.4 Å². The molecule has 0 bridgehead atoms. The van der Waals surface area contributed by atoms with Crippen molar-refractivity contribution in [2.45, 2.75) is 31.1 Å². The van der Waals surface area contributed by atoms with Crippen LogP contribution in [0, 0.1) is 5.92 Å². The van der Waals surface area contributed by atoms with Crippen molar-refractivity contribution in [1.29, 1.82) is 0 Å². The fourth-order valence-electron chi connectivity index (χ4n) is 3.93. The first-order valence-corrected chi connectivity index (χ1v) is 13.4. The van der Waals surface area contributed by atoms with Crippen LogP contribution in [-0.4, -0.2) is 90.5 Å². The minimum Gasteiger partial charge on any atom is -0.378 e. The number of alkyl halides is 2. The Morgan fingerprint density at radius 2 is 1.93 bits per heavy atom. The van der Waals surface area contributed by atoms with Gasteiger partial charge in [-0.3, -0.25) is 23.3 Å². The number of hydrogen-bond donors (Lipinski definition) is 4. The molecule has 23 heteroatoms. The molecule has 0 radical (unpaired) electrons. The minimum atomic E-state index is -2.11. The number of methoxy groups -OCH3 is 2. The van der Waals surface area contributed by atoms with Gasteiger partial charge in [0.05, 0.1) is 37.9 Å². The second-order valence-corrected chi connectivity index (χ2v) is 9.65. The molecule has 18 nitrogen and oxygen atoms in total. The number of imidazole rings is 1. The summed E-state index contributed by atoms with van der Waals surface area (Å²) in [6.07, 6.45) is -5.77. The lowest BCUT2D eigenvalue weighted by atomic mass is 10.0. The molecular weight excluding hydrogens is 628 g/mol. The molecule has 8 atom stereocenters. The molecule has 0 spiro atoms. The molecule has 0 aliphatic carbocycles. The van der Waals surface area contributed by atoms with Crippen molar-refractivity contribution in [1.82, 2.24) is 44.5 Å². The number of nitrogens with zero attached hydrogens (tertiary/aromatic N) is 7. The molecule has 4 heterocycles. The smallest absolute Gasteiger partial charge is 0.282 e. The zero-order chi connectivity index (χ0) is 30.4. The fourth-order valence-corrected chi connectivity index (χ4v) is 4.98. The number of halogens is 2. The summed E-state index contributed by atoms with van der Waals surface area (Å²) in [5.41, 5.74) is 3.91. The van der Waals surface area contributed by atoms with Crippen molar-refractivity contribution >= 4 is 59.7 Å². The number of H-pyrrole nitrogens is 2. The third-order valence-electron chi connectivity index (χ3n) is 5.99. The Bertz CT molecular complexity index is 1590. The van der Waals surface area contributed by atoms with Gasteiger partial charge in [-0.15, -0.1) is 5.10 Å². The molecule has 4 N–H and O–H groups in total. The van der Waals surface area contributed by atoms with E-state index < -0.39 is 57.2 Å². The number of thiol groups is 1. The molecule has 230 valence electrons. The zero-order valence-corrected chi connectivity index (χ0v) is 24.8. The lowest BCUT2D eigenvalue weighted by Gasteiger charge is -2.29. The van der Waals surface area contributed by atoms with Crippen molar-refractivity contribution in [3.63, 3.8) is 0 Å². The lowest BCUT2D eigenvalue weighted by molar-refractivity contribution is -0.139. The van der Waals surface area contributed by atoms with E-state index in [1.807, 2.05) is 9.47 Å². The summed E-state index contributed by atoms with van der Waals surface area (Å²) in [5.74, 6) is -1.29. The number of anilines is 1. The quantitative estimate of drug-likeness (QED) is 0.0421. The van der Waals surface area contributed by atoms with Crippen molar-refractivity contribution in [2.75, 3.05) is 33.2 Å². The van der Waals surface area contributed by atoms with Gasteiger partial charge in [0.2, 0.25) is 12.2 Å². The van der Waals surface area contributed by atoms with Crippen molar-refractivity contribution < 1.29 is 36.0 Å². The first kappa shape index (κ1) is 32.2. The van der Waals surface area contributed by atoms with E-state index in [-0.39, 0.29) is 41.5 Å². The maximum absolute atomic E-state index is 15.9. The van der Waals surface area contributed by atoms with E-state index in [0.717, 1.165) is 29.0 Å². The van der Waals surface area contributed by atoms with E-state index in [4.69, 9.17) is 33.0 Å². The molecule has 4 aromatic rings. The summed E-state index contributed by atoms with van der Waals surface area (Å²) < 4.78 is 64.8. The van der Waals surface area contributed by atoms with Crippen LogP contribution < -0.4 is 16.9 Å². The van der Waals surface area contributed by atoms with Gasteiger partial charge in [0, 0.05) is 23.7 Å². The van der Waals surface area contributed by atoms with Gasteiger partial charge < -0.3 is 33.8 Å². The van der Waals surface area contributed by atoms with Gasteiger partial charge in [0.25, 0.3) is 11.1 Å². The van der Waals surface area contributed by atoms with Gasteiger partial charge in [0.1, 0.15) is 0 Å². The van der Waals surface area contributed by atoms with Crippen LogP contribution in [0.25, 0.3) is 22.3 Å². The van der Waals surface area contributed by atoms with Crippen molar-refractivity contribution in [2.24, 2.45) is 5.92 Å². The third kappa shape index (κ3) is 6.74. The summed E-state index contributed by atoms with van der Waals surface area (Å²) in [6.45, 7) is -0.351. The maximum Gasteiger partial charge on any atom is 0.282 e. The van der Waals surface area contributed by atoms with Gasteiger partial charge >= 0.3 is 0 Å². The van der Waals surface area contributed by atoms with Crippen LogP contribution in [0.5, 0.6) is 0 Å². The summed E-state index contributed by atoms with van der Waals surface area (Å²) in [6, 6.07) is 0. The topological polar surface area (TPSA) is 221 Å². The molecule has 4 aromatic heterocycles. The number of aromatic amines is 2. The van der Waals surface area contributed by atoms with Crippen LogP contribution in [0.15, 0.2) is 22.2 Å². The highest BCUT2D eigenvalue weighted by Crippen LogP contribution is 2.33. The summed E-state index contributed by atoms with van der Waals surface area (Å²) in [7, 11) is 3.69. The Labute approximate surface area is 243 Å². The number of nitrogen functional groups attached to an aromatic ring is 1. The first-order chi connectivity index (χ1) is 20.2. The van der Waals surface area contributed by atoms with Crippen molar-refractivity contribution in [3.8, 4) is 0 Å². The standard InChI is InChI=1S/C19H26F2N10O8P2S/c1-34-8(4-36-40)7(12(21)30-6-25-10-13(30)23-5-24-15(10)32)3-37-41-38-18(35-2)9(20)17(39-42)31-14-11(28-29-31)16(33)27-19(22)26-14/h5-9,12,17-18,41-42H,3-4,40H2,1-2H3,(H,23,24,32)(H3,22,26,27,33)/t7-,8-,9-,12-,17-,18?/m1/s1. The largest absolute Gasteiger partial charge is 0.378 e. The highest BCUT2D eigenvalue weighted by atomic mass is 32.1. The molecule has 0 saturated carbocycles. The van der Waals surface area contributed by atoms with Crippen LogP contribution in [0.4, 0.5) is 14.7 Å². The number of rotatable bonds is 16. The molecule has 0 amide bonds. The number of fused-ring (bicyclic) bond motifs is 2. The van der Waals surface area contributed by atoms with E-state index >= 15 is 8.78 Å². The van der Waals surface area contributed by atoms with Gasteiger partial charge in [0.15, 0.2) is 50.1 Å². The molecule has 0 fully saturated rings. The van der Waals surface area contributed by atoms with Gasteiger partial charge in [-0.25, -0.2) is 18.7 Å². The Kier molecular flexibility index (Phi) is 11.2. The van der Waals surface area contributed by atoms with Gasteiger partial charge in [-0.05, 0) is 12.9 Å². The highest BCUT2D eigenvalue weighted by Gasteiger charge is 2.37. The van der Waals surface area contributed by atoms with Crippen LogP contribution in [-0.2, 0) is 27.2 Å². The maximum atomic E-state index is 15.9. The molecule has 0 aliphatic rings. The summed E-state index contributed by atoms with van der Waals surface area (Å²) in [5, 5.41) is 7.38. The Morgan fingerprint density at radius 3 is 2.62 bits per heavy atom. The number of nitrogens with two attached hydrogens (primary N) is 1. The van der Waals surface area contributed by atoms with Crippen LogP contribution in [0.3, 0.4) is 0 Å². The summed E-state index contributed by atoms with van der Waals surface area (Å²) in [4.78, 5) is 40.5. The number of hydrogen-bond acceptors (Lipinski definition) is 15. The Morgan fingerprint density at radius 1 is 1.14 bits per heavy atom. The summed E-state index contributed by atoms with van der Waals surface area (Å²) >= 11 is 3.71. The molecular formula is C19H26F2N10O8P2S. The number of aromatic nitrogens is 9. The van der Waals surface area contributed by atoms with Gasteiger partial charge in [-0.2, -0.15) is 9.67 Å². The average molecular weight is 654 g/mol. The van der Waals surface area contributed by atoms with E-state index in [1.54, 1.807) is 0 Å². The lowest BCUT2D eigenvalue weighted by Crippen LogP contribution is -2.36. The molecule has 0 aromatic carbocycles. The number of nitrogens with one attached hydrogen (secondary N) is 2. The second kappa shape index (κ2) is 14.6. The van der Waals surface area contributed by atoms with Gasteiger partial charge in [-0.1, -0.05) is 5.21 Å². The third-order valence-corrected chi connectivity index (χ3v) is 7.01. The molecule has 0 saturated heterocycles. The Balaban J connectivity index is 1.46. The molecule has 3 unspecified atom stereocenters. The monoisotopic (exact) mass is 654 g/mol. The highest BCUT2D eigenvalue weighted by molar-refractivity contribution is 7.75. The second-order valence-electron chi connectivity index (χ2n) is 8.41. The average Bonchev–Trinajstić information content (AvgIpc) is 3.60. The van der Waals surface area contributed by atoms with E-state index in [0.29, 0.717) is 0 Å². The molecule has 42 heavy (non-hydrogen) atoms. The van der Waals surface area contributed by atoms with E-state index in [9.17, 15) is 9.59 Å². The SMILES string of the molecule is COC(OPOC[C@H]([C@@H](COP)OC)[C@H](F)n1cnc2c(=O)[nH]cnc21)[C@H](F)[C@@H](OS)n1nnc2c(=O)[nH]c(N)nc21. The fraction of sp³-hybridized carbons (Fsp3) is 0.526. The molecule has 0 aliphatic heterocycles. The molecule has 4 rings (SSSR count). The van der Waals surface area contributed by atoms with E-state index in [1.165, 1.54) is 7.11 Å². The Hall–Kier alpha value is -2.74. The zero-order valence-electron chi connectivity index (χ0n) is 21.8. The number of ether oxygens (including phenoxy) is 2. The minimum absolute atomic E-state index is 0.00739.